The van der Waals surface area contributed by atoms with Crippen LogP contribution in [0.3, 0.4) is 0 Å². The van der Waals surface area contributed by atoms with E-state index in [0.29, 0.717) is 22.9 Å². The number of rotatable bonds is 4. The second kappa shape index (κ2) is 5.92. The minimum absolute atomic E-state index is 0.125. The maximum absolute atomic E-state index is 13.3. The Kier molecular flexibility index (Phi) is 4.25. The Balaban J connectivity index is 2.57. The van der Waals surface area contributed by atoms with Crippen molar-refractivity contribution in [2.75, 3.05) is 11.4 Å². The van der Waals surface area contributed by atoms with Gasteiger partial charge in [0.2, 0.25) is 0 Å². The molecular weight excluding hydrogens is 281 g/mol. The van der Waals surface area contributed by atoms with Crippen molar-refractivity contribution < 1.29 is 14.3 Å². The predicted molar refractivity (Wildman–Crippen MR) is 77.5 cm³/mol. The number of aromatic carboxylic acids is 1. The number of carboxylic acids is 1. The number of benzene rings is 2. The van der Waals surface area contributed by atoms with Crippen LogP contribution in [-0.4, -0.2) is 17.6 Å². The van der Waals surface area contributed by atoms with E-state index in [9.17, 15) is 14.3 Å². The normalized spacial score (nSPS) is 10.3. The topological polar surface area (TPSA) is 40.5 Å². The lowest BCUT2D eigenvalue weighted by Crippen LogP contribution is -2.19. The number of carboxylic acid groups (broad SMARTS) is 1. The molecule has 104 valence electrons. The summed E-state index contributed by atoms with van der Waals surface area (Å²) in [7, 11) is 0. The van der Waals surface area contributed by atoms with E-state index in [1.165, 1.54) is 24.3 Å². The number of anilines is 2. The lowest BCUT2D eigenvalue weighted by molar-refractivity contribution is 0.0697. The van der Waals surface area contributed by atoms with E-state index >= 15 is 0 Å². The van der Waals surface area contributed by atoms with Crippen molar-refractivity contribution in [3.05, 3.63) is 58.9 Å². The minimum atomic E-state index is -1.05. The van der Waals surface area contributed by atoms with E-state index in [1.807, 2.05) is 6.92 Å². The third-order valence-electron chi connectivity index (χ3n) is 2.92. The lowest BCUT2D eigenvalue weighted by Gasteiger charge is -2.25. The highest BCUT2D eigenvalue weighted by Crippen LogP contribution is 2.31. The van der Waals surface area contributed by atoms with Crippen molar-refractivity contribution in [1.82, 2.24) is 0 Å². The van der Waals surface area contributed by atoms with E-state index in [0.717, 1.165) is 0 Å². The van der Waals surface area contributed by atoms with Crippen molar-refractivity contribution in [2.24, 2.45) is 0 Å². The summed E-state index contributed by atoms with van der Waals surface area (Å²) < 4.78 is 13.3. The molecule has 0 radical (unpaired) electrons. The van der Waals surface area contributed by atoms with E-state index in [1.54, 1.807) is 23.1 Å². The predicted octanol–water partition coefficient (Wildman–Crippen LogP) is 4.34. The van der Waals surface area contributed by atoms with Gasteiger partial charge in [-0.3, -0.25) is 0 Å². The number of halogens is 2. The van der Waals surface area contributed by atoms with Gasteiger partial charge in [0.15, 0.2) is 0 Å². The van der Waals surface area contributed by atoms with Crippen LogP contribution in [0.15, 0.2) is 42.5 Å². The highest BCUT2D eigenvalue weighted by atomic mass is 35.5. The van der Waals surface area contributed by atoms with Gasteiger partial charge >= 0.3 is 5.97 Å². The zero-order valence-corrected chi connectivity index (χ0v) is 11.6. The Bertz CT molecular complexity index is 646. The van der Waals surface area contributed by atoms with Crippen molar-refractivity contribution >= 4 is 28.9 Å². The molecular formula is C15H13ClFNO2. The molecule has 0 unspecified atom stereocenters. The van der Waals surface area contributed by atoms with Gasteiger partial charge in [-0.1, -0.05) is 17.7 Å². The first-order chi connectivity index (χ1) is 9.52. The van der Waals surface area contributed by atoms with Crippen molar-refractivity contribution in [3.8, 4) is 0 Å². The molecule has 0 aliphatic heterocycles. The molecule has 0 aromatic heterocycles. The average molecular weight is 294 g/mol. The molecule has 0 aliphatic carbocycles. The molecule has 0 fully saturated rings. The first-order valence-electron chi connectivity index (χ1n) is 6.09. The summed E-state index contributed by atoms with van der Waals surface area (Å²) >= 11 is 5.95. The fraction of sp³-hybridized carbons (Fsp3) is 0.133. The van der Waals surface area contributed by atoms with E-state index < -0.39 is 5.97 Å². The smallest absolute Gasteiger partial charge is 0.337 e. The summed E-state index contributed by atoms with van der Waals surface area (Å²) in [4.78, 5) is 13.0. The van der Waals surface area contributed by atoms with Gasteiger partial charge in [-0.15, -0.1) is 0 Å². The number of carbonyl (C=O) groups is 1. The minimum Gasteiger partial charge on any atom is -0.478 e. The molecule has 0 bridgehead atoms. The zero-order chi connectivity index (χ0) is 14.7. The molecule has 5 heteroatoms. The third-order valence-corrected chi connectivity index (χ3v) is 3.15. The molecule has 0 spiro atoms. The molecule has 2 aromatic carbocycles. The van der Waals surface area contributed by atoms with Gasteiger partial charge in [0.25, 0.3) is 0 Å². The zero-order valence-electron chi connectivity index (χ0n) is 10.8. The second-order valence-electron chi connectivity index (χ2n) is 4.19. The van der Waals surface area contributed by atoms with Crippen LogP contribution in [0.5, 0.6) is 0 Å². The number of hydrogen-bond donors (Lipinski definition) is 1. The Morgan fingerprint density at radius 3 is 2.65 bits per heavy atom. The lowest BCUT2D eigenvalue weighted by atomic mass is 10.1. The van der Waals surface area contributed by atoms with Gasteiger partial charge in [-0.2, -0.15) is 0 Å². The molecule has 3 nitrogen and oxygen atoms in total. The van der Waals surface area contributed by atoms with E-state index in [2.05, 4.69) is 0 Å². The maximum atomic E-state index is 13.3. The molecule has 0 heterocycles. The second-order valence-corrected chi connectivity index (χ2v) is 4.63. The highest BCUT2D eigenvalue weighted by Gasteiger charge is 2.17. The van der Waals surface area contributed by atoms with Crippen LogP contribution in [0.1, 0.15) is 17.3 Å². The molecule has 2 rings (SSSR count). The standard InChI is InChI=1S/C15H13ClFNO2/c1-2-18(12-5-3-4-11(17)9-12)14-8-10(16)6-7-13(14)15(19)20/h3-9H,2H2,1H3,(H,19,20). The molecule has 0 saturated heterocycles. The molecule has 0 saturated carbocycles. The first-order valence-corrected chi connectivity index (χ1v) is 6.46. The molecule has 20 heavy (non-hydrogen) atoms. The molecule has 0 aliphatic rings. The van der Waals surface area contributed by atoms with Crippen LogP contribution in [0.25, 0.3) is 0 Å². The van der Waals surface area contributed by atoms with Crippen LogP contribution in [-0.2, 0) is 0 Å². The molecule has 0 atom stereocenters. The Hall–Kier alpha value is -2.07. The maximum Gasteiger partial charge on any atom is 0.337 e. The third kappa shape index (κ3) is 2.91. The first kappa shape index (κ1) is 14.3. The van der Waals surface area contributed by atoms with Gasteiger partial charge in [-0.05, 0) is 43.3 Å². The summed E-state index contributed by atoms with van der Waals surface area (Å²) in [5.41, 5.74) is 1.15. The van der Waals surface area contributed by atoms with Crippen molar-refractivity contribution in [1.29, 1.82) is 0 Å². The van der Waals surface area contributed by atoms with Crippen LogP contribution in [0.4, 0.5) is 15.8 Å². The average Bonchev–Trinajstić information content (AvgIpc) is 2.39. The Morgan fingerprint density at radius 2 is 2.05 bits per heavy atom. The fourth-order valence-electron chi connectivity index (χ4n) is 2.04. The van der Waals surface area contributed by atoms with Gasteiger partial charge < -0.3 is 10.0 Å². The van der Waals surface area contributed by atoms with Gasteiger partial charge in [0, 0.05) is 17.3 Å². The number of hydrogen-bond acceptors (Lipinski definition) is 2. The van der Waals surface area contributed by atoms with Gasteiger partial charge in [0.05, 0.1) is 11.3 Å². The van der Waals surface area contributed by atoms with Crippen LogP contribution < -0.4 is 4.90 Å². The molecule has 1 N–H and O–H groups in total. The molecule has 2 aromatic rings. The summed E-state index contributed by atoms with van der Waals surface area (Å²) in [6, 6.07) is 10.5. The van der Waals surface area contributed by atoms with E-state index in [-0.39, 0.29) is 11.4 Å². The van der Waals surface area contributed by atoms with E-state index in [4.69, 9.17) is 11.6 Å². The van der Waals surface area contributed by atoms with Crippen LogP contribution in [0.2, 0.25) is 5.02 Å². The van der Waals surface area contributed by atoms with Gasteiger partial charge in [0.1, 0.15) is 5.82 Å². The summed E-state index contributed by atoms with van der Waals surface area (Å²) in [6.07, 6.45) is 0. The summed E-state index contributed by atoms with van der Waals surface area (Å²) in [6.45, 7) is 2.35. The number of nitrogens with zero attached hydrogens (tertiary/aromatic N) is 1. The summed E-state index contributed by atoms with van der Waals surface area (Å²) in [5.74, 6) is -1.42. The van der Waals surface area contributed by atoms with Crippen molar-refractivity contribution in [3.63, 3.8) is 0 Å². The summed E-state index contributed by atoms with van der Waals surface area (Å²) in [5, 5.41) is 9.69. The SMILES string of the molecule is CCN(c1cccc(F)c1)c1cc(Cl)ccc1C(=O)O. The molecule has 0 amide bonds. The highest BCUT2D eigenvalue weighted by molar-refractivity contribution is 6.31. The largest absolute Gasteiger partial charge is 0.478 e. The Labute approximate surface area is 121 Å². The quantitative estimate of drug-likeness (QED) is 0.912. The van der Waals surface area contributed by atoms with Crippen LogP contribution in [0, 0.1) is 5.82 Å². The van der Waals surface area contributed by atoms with Crippen molar-refractivity contribution in [2.45, 2.75) is 6.92 Å². The fourth-order valence-corrected chi connectivity index (χ4v) is 2.21. The monoisotopic (exact) mass is 293 g/mol. The Morgan fingerprint density at radius 1 is 1.30 bits per heavy atom. The van der Waals surface area contributed by atoms with Crippen LogP contribution >= 0.6 is 11.6 Å². The van der Waals surface area contributed by atoms with Gasteiger partial charge in [-0.25, -0.2) is 9.18 Å².